The number of aliphatic imine (C=N–C) groups is 1. The van der Waals surface area contributed by atoms with Crippen molar-refractivity contribution in [1.82, 2.24) is 55.0 Å². The van der Waals surface area contributed by atoms with Gasteiger partial charge in [-0.2, -0.15) is 21.6 Å². The largest absolute Gasteiger partial charge is 1.00 e. The van der Waals surface area contributed by atoms with E-state index in [0.717, 1.165) is 110 Å². The summed E-state index contributed by atoms with van der Waals surface area (Å²) >= 11 is 0. The van der Waals surface area contributed by atoms with E-state index in [1.165, 1.54) is 36.1 Å². The topological polar surface area (TPSA) is 260 Å². The summed E-state index contributed by atoms with van der Waals surface area (Å²) in [7, 11) is -6.16. The van der Waals surface area contributed by atoms with Crippen molar-refractivity contribution in [2.45, 2.75) is 169 Å². The number of amides is 2. The van der Waals surface area contributed by atoms with Gasteiger partial charge in [-0.25, -0.2) is 34.4 Å². The minimum Gasteiger partial charge on any atom is -1.00 e. The van der Waals surface area contributed by atoms with Gasteiger partial charge in [-0.3, -0.25) is 9.89 Å². The number of halogens is 3. The van der Waals surface area contributed by atoms with Gasteiger partial charge in [0.1, 0.15) is 11.2 Å². The number of H-pyrrole nitrogens is 4. The Bertz CT molecular complexity index is 4180. The number of imidazole rings is 4. The molecule has 5 atom stereocenters. The Hall–Kier alpha value is -7.00. The smallest absolute Gasteiger partial charge is 1.00 e. The number of aromatic nitrogens is 8. The summed E-state index contributed by atoms with van der Waals surface area (Å²) < 4.78 is 86.1. The maximum Gasteiger partial charge on any atom is 1.00 e. The van der Waals surface area contributed by atoms with Gasteiger partial charge in [0.25, 0.3) is 0 Å². The number of nitrogens with one attached hydrogen (secondary N) is 5. The maximum atomic E-state index is 12.6. The SMILES string of the molecule is CC1(C)OB(c2ccc3nc[nH]c3c2)OC1(C)C.CC1CC=C(OS(=O)(=O)C(F)(F)F)N(C(=O)OC(C)(C)C)C1.CC1CC=C(c2ccc3nc[nH]c3c2)N(C(=O)OC(C)(C)C)C1.CC1CCC(c2ccc3nc[nH]c3c2)=NC1.CC1CCC(c2ccc3nc[nH]c3c2)NC1.[B].[H-].[Na+]. The van der Waals surface area contributed by atoms with Crippen molar-refractivity contribution in [3.8, 4) is 0 Å². The molecule has 2 amide bonds. The summed E-state index contributed by atoms with van der Waals surface area (Å²) in [6.07, 6.45) is 15.0. The van der Waals surface area contributed by atoms with Crippen LogP contribution >= 0.6 is 0 Å². The van der Waals surface area contributed by atoms with Crippen molar-refractivity contribution in [3.63, 3.8) is 0 Å². The molecule has 2 saturated heterocycles. The molecule has 2 fully saturated rings. The van der Waals surface area contributed by atoms with Gasteiger partial charge >= 0.3 is 64.5 Å². The van der Waals surface area contributed by atoms with Crippen LogP contribution in [0, 0.1) is 23.7 Å². The molecule has 5 aliphatic rings. The Morgan fingerprint density at radius 2 is 1.09 bits per heavy atom. The van der Waals surface area contributed by atoms with Crippen molar-refractivity contribution in [1.29, 1.82) is 0 Å². The van der Waals surface area contributed by atoms with Gasteiger partial charge in [-0.1, -0.05) is 58.0 Å². The second-order valence-corrected chi connectivity index (χ2v) is 29.8. The molecule has 4 aromatic carbocycles. The van der Waals surface area contributed by atoms with Crippen molar-refractivity contribution in [2.75, 3.05) is 26.2 Å². The average molecular weight is 1370 g/mol. The number of hydrogen-bond acceptors (Lipinski definition) is 15. The van der Waals surface area contributed by atoms with E-state index in [1.807, 2.05) is 57.2 Å². The van der Waals surface area contributed by atoms with Crippen molar-refractivity contribution < 1.29 is 85.1 Å². The predicted molar refractivity (Wildman–Crippen MR) is 371 cm³/mol. The van der Waals surface area contributed by atoms with Gasteiger partial charge in [0.2, 0.25) is 5.88 Å². The number of hydrogen-bond donors (Lipinski definition) is 5. The molecule has 8 aromatic rings. The molecule has 5 aliphatic heterocycles. The minimum absolute atomic E-state index is 0. The van der Waals surface area contributed by atoms with E-state index in [4.69, 9.17) is 18.8 Å². The van der Waals surface area contributed by atoms with Gasteiger partial charge in [0, 0.05) is 45.4 Å². The summed E-state index contributed by atoms with van der Waals surface area (Å²) in [5, 5.41) is 3.61. The molecule has 28 heteroatoms. The summed E-state index contributed by atoms with van der Waals surface area (Å²) in [5.74, 6) is 1.20. The monoisotopic (exact) mass is 1370 g/mol. The Labute approximate surface area is 592 Å². The second kappa shape index (κ2) is 31.9. The molecule has 0 aliphatic carbocycles. The first kappa shape index (κ1) is 77.4. The van der Waals surface area contributed by atoms with Crippen molar-refractivity contribution in [3.05, 3.63) is 133 Å². The zero-order valence-electron chi connectivity index (χ0n) is 59.4. The number of rotatable bonds is 6. The number of ether oxygens (including phenoxy) is 2. The average Bonchev–Trinajstić information content (AvgIpc) is 1.51. The molecule has 0 saturated carbocycles. The van der Waals surface area contributed by atoms with Crippen LogP contribution in [0.3, 0.4) is 0 Å². The summed E-state index contributed by atoms with van der Waals surface area (Å²) in [6.45, 7) is 29.9. The van der Waals surface area contributed by atoms with Crippen LogP contribution in [0.4, 0.5) is 22.8 Å². The standard InChI is InChI=1S/C18H23N3O2.C13H17BN2O2.C13H17N3.C13H15N3.C12H18F3NO5S.B.Na.H/c1-12-5-8-16(21(10-12)17(22)23-18(2,3)4)13-6-7-14-15(9-13)20-11-19-14;1-12(2)13(3,4)18-14(17-12)9-5-6-10-11(7-9)16-8-15-10;2*1-9-2-4-11(14-7-9)10-3-5-12-13(6-10)16-8-15-12;1-8-5-6-9(21-22(18,19)12(13,14)15)16(7-8)10(17)20-11(2,3)4;;;/h6-9,11-12H,5,10H2,1-4H3,(H,19,20);5-8H,1-4H3,(H,15,16);3,5-6,8-9,11,14H,2,4,7H2,1H3,(H,15,16);3,5-6,8-9H,2,4,7H2,1H3,(H,15,16);6,8H,5,7H2,1-4H3;;;/q;;;;;;+1;-1. The Kier molecular flexibility index (Phi) is 25.4. The van der Waals surface area contributed by atoms with E-state index >= 15 is 0 Å². The van der Waals surface area contributed by atoms with Gasteiger partial charge in [-0.15, -0.1) is 0 Å². The Morgan fingerprint density at radius 3 is 1.60 bits per heavy atom. The molecule has 5 unspecified atom stereocenters. The fraction of sp³-hybridized carbons (Fsp3) is 0.493. The number of nitrogens with zero attached hydrogens (tertiary/aromatic N) is 7. The molecular weight excluding hydrogens is 1270 g/mol. The number of allylic oxidation sites excluding steroid dienone is 2. The van der Waals surface area contributed by atoms with E-state index in [9.17, 15) is 31.2 Å². The van der Waals surface area contributed by atoms with E-state index in [0.29, 0.717) is 18.5 Å². The first-order valence-corrected chi connectivity index (χ1v) is 33.8. The molecule has 0 bridgehead atoms. The number of benzene rings is 4. The third-order valence-corrected chi connectivity index (χ3v) is 18.0. The van der Waals surface area contributed by atoms with E-state index < -0.39 is 38.8 Å². The molecule has 13 rings (SSSR count). The number of carbonyl (C=O) groups is 2. The molecule has 21 nitrogen and oxygen atoms in total. The number of fused-ring (bicyclic) bond motifs is 4. The zero-order chi connectivity index (χ0) is 68.8. The third-order valence-electron chi connectivity index (χ3n) is 17.1. The molecule has 5 N–H and O–H groups in total. The molecule has 9 heterocycles. The summed E-state index contributed by atoms with van der Waals surface area (Å²) in [4.78, 5) is 61.2. The van der Waals surface area contributed by atoms with Crippen LogP contribution < -0.4 is 40.3 Å². The molecule has 515 valence electrons. The van der Waals surface area contributed by atoms with E-state index in [2.05, 4.69) is 145 Å². The summed E-state index contributed by atoms with van der Waals surface area (Å²) in [6, 6.07) is 25.4. The maximum absolute atomic E-state index is 12.6. The normalized spacial score (nSPS) is 20.9. The second-order valence-electron chi connectivity index (χ2n) is 28.3. The predicted octanol–water partition coefficient (Wildman–Crippen LogP) is 11.2. The number of alkyl halides is 3. The van der Waals surface area contributed by atoms with E-state index in [1.54, 1.807) is 57.9 Å². The van der Waals surface area contributed by atoms with Crippen LogP contribution in [0.15, 0.2) is 121 Å². The first-order chi connectivity index (χ1) is 44.6. The van der Waals surface area contributed by atoms with Gasteiger partial charge in [0.05, 0.1) is 86.3 Å². The van der Waals surface area contributed by atoms with Crippen LogP contribution in [0.5, 0.6) is 0 Å². The minimum atomic E-state index is -5.84. The van der Waals surface area contributed by atoms with Gasteiger partial charge < -0.3 is 49.6 Å². The molecule has 4 aromatic heterocycles. The number of carbonyl (C=O) groups excluding carboxylic acids is 2. The number of aromatic amines is 4. The van der Waals surface area contributed by atoms with Crippen LogP contribution in [0.2, 0.25) is 0 Å². The fourth-order valence-corrected chi connectivity index (χ4v) is 11.6. The van der Waals surface area contributed by atoms with Gasteiger partial charge in [0.15, 0.2) is 0 Å². The Morgan fingerprint density at radius 1 is 0.619 bits per heavy atom. The molecule has 97 heavy (non-hydrogen) atoms. The van der Waals surface area contributed by atoms with Crippen LogP contribution in [0.1, 0.15) is 160 Å². The first-order valence-electron chi connectivity index (χ1n) is 32.4. The fourth-order valence-electron chi connectivity index (χ4n) is 11.1. The summed E-state index contributed by atoms with van der Waals surface area (Å²) in [5.41, 5.74) is 7.37. The van der Waals surface area contributed by atoms with E-state index in [-0.39, 0.29) is 82.7 Å². The molecule has 0 spiro atoms. The van der Waals surface area contributed by atoms with Crippen LogP contribution in [-0.2, 0) is 33.1 Å². The number of piperidine rings is 1. The van der Waals surface area contributed by atoms with Gasteiger partial charge in [-0.05, 0) is 209 Å². The van der Waals surface area contributed by atoms with Crippen molar-refractivity contribution >= 4 is 98.8 Å². The Balaban J connectivity index is 0.000000193. The molecule has 3 radical (unpaired) electrons. The van der Waals surface area contributed by atoms with Crippen LogP contribution in [-0.4, -0.2) is 146 Å². The third kappa shape index (κ3) is 20.3. The van der Waals surface area contributed by atoms with Crippen LogP contribution in [0.25, 0.3) is 49.8 Å². The molecular formula is C69H91B2F3N12NaO9S. The van der Waals surface area contributed by atoms with Crippen molar-refractivity contribution in [2.24, 2.45) is 28.7 Å². The quantitative estimate of drug-likeness (QED) is 0.0589. The zero-order valence-corrected chi connectivity index (χ0v) is 61.2.